The topological polar surface area (TPSA) is 48.5 Å². The second kappa shape index (κ2) is 5.47. The molecule has 1 N–H and O–H groups in total. The Morgan fingerprint density at radius 1 is 1.32 bits per heavy atom. The van der Waals surface area contributed by atoms with Gasteiger partial charge < -0.3 is 15.1 Å². The number of fused-ring (bicyclic) bond motifs is 3. The van der Waals surface area contributed by atoms with Crippen LogP contribution in [0.15, 0.2) is 6.07 Å². The Hall–Kier alpha value is -1.18. The van der Waals surface area contributed by atoms with E-state index in [1.165, 1.54) is 24.2 Å². The van der Waals surface area contributed by atoms with Gasteiger partial charge >= 0.3 is 0 Å². The van der Waals surface area contributed by atoms with Gasteiger partial charge in [0.05, 0.1) is 9.58 Å². The third-order valence-corrected chi connectivity index (χ3v) is 6.80. The molecule has 2 unspecified atom stereocenters. The van der Waals surface area contributed by atoms with Crippen LogP contribution in [0.1, 0.15) is 28.9 Å². The standard InChI is InChI=1S/C15H20N4OS2/c1-18(2)15-17-13-11(22-15)7-12(21-13)14(20)19-6-5-9-3-4-10(8-19)16-9/h7,9-10,16H,3-6,8H2,1-2H3. The fourth-order valence-electron chi connectivity index (χ4n) is 3.30. The van der Waals surface area contributed by atoms with Gasteiger partial charge in [0.1, 0.15) is 4.83 Å². The minimum absolute atomic E-state index is 0.177. The second-order valence-corrected chi connectivity index (χ2v) is 8.39. The predicted octanol–water partition coefficient (Wildman–Crippen LogP) is 2.39. The van der Waals surface area contributed by atoms with E-state index in [0.29, 0.717) is 12.1 Å². The maximum absolute atomic E-state index is 12.8. The summed E-state index contributed by atoms with van der Waals surface area (Å²) in [6.45, 7) is 1.71. The molecule has 0 saturated carbocycles. The number of thiazole rings is 1. The number of hydrogen-bond acceptors (Lipinski definition) is 6. The van der Waals surface area contributed by atoms with Crippen LogP contribution in [-0.2, 0) is 0 Å². The van der Waals surface area contributed by atoms with E-state index < -0.39 is 0 Å². The quantitative estimate of drug-likeness (QED) is 0.915. The van der Waals surface area contributed by atoms with E-state index >= 15 is 0 Å². The molecular formula is C15H20N4OS2. The molecule has 0 radical (unpaired) electrons. The van der Waals surface area contributed by atoms with Gasteiger partial charge in [-0.3, -0.25) is 4.79 Å². The molecule has 0 aromatic carbocycles. The van der Waals surface area contributed by atoms with Crippen LogP contribution in [0.2, 0.25) is 0 Å². The van der Waals surface area contributed by atoms with Crippen molar-refractivity contribution in [2.24, 2.45) is 0 Å². The van der Waals surface area contributed by atoms with E-state index in [4.69, 9.17) is 0 Å². The first-order valence-electron chi connectivity index (χ1n) is 7.73. The Labute approximate surface area is 137 Å². The highest BCUT2D eigenvalue weighted by Gasteiger charge is 2.32. The molecule has 2 bridgehead atoms. The Kier molecular flexibility index (Phi) is 3.58. The fourth-order valence-corrected chi connectivity index (χ4v) is 5.41. The second-order valence-electron chi connectivity index (χ2n) is 6.35. The van der Waals surface area contributed by atoms with Crippen molar-refractivity contribution in [1.29, 1.82) is 0 Å². The van der Waals surface area contributed by atoms with Crippen molar-refractivity contribution in [1.82, 2.24) is 15.2 Å². The molecule has 2 aromatic heterocycles. The van der Waals surface area contributed by atoms with Crippen molar-refractivity contribution in [3.63, 3.8) is 0 Å². The molecule has 2 atom stereocenters. The number of nitrogens with zero attached hydrogens (tertiary/aromatic N) is 3. The van der Waals surface area contributed by atoms with E-state index in [0.717, 1.165) is 39.0 Å². The molecule has 0 aliphatic carbocycles. The van der Waals surface area contributed by atoms with E-state index in [2.05, 4.69) is 10.3 Å². The maximum Gasteiger partial charge on any atom is 0.264 e. The lowest BCUT2D eigenvalue weighted by Crippen LogP contribution is -2.38. The number of anilines is 1. The Bertz CT molecular complexity index is 676. The van der Waals surface area contributed by atoms with Crippen molar-refractivity contribution in [3.8, 4) is 0 Å². The predicted molar refractivity (Wildman–Crippen MR) is 92.3 cm³/mol. The van der Waals surface area contributed by atoms with E-state index in [1.54, 1.807) is 11.3 Å². The smallest absolute Gasteiger partial charge is 0.264 e. The molecule has 118 valence electrons. The van der Waals surface area contributed by atoms with Crippen molar-refractivity contribution >= 4 is 43.2 Å². The first-order valence-corrected chi connectivity index (χ1v) is 9.36. The Morgan fingerprint density at radius 3 is 2.91 bits per heavy atom. The zero-order valence-electron chi connectivity index (χ0n) is 12.8. The van der Waals surface area contributed by atoms with Crippen molar-refractivity contribution in [2.45, 2.75) is 31.3 Å². The number of amides is 1. The molecule has 2 aromatic rings. The van der Waals surface area contributed by atoms with Gasteiger partial charge in [-0.15, -0.1) is 11.3 Å². The van der Waals surface area contributed by atoms with Gasteiger partial charge in [0, 0.05) is 39.3 Å². The number of thiophene rings is 1. The van der Waals surface area contributed by atoms with Gasteiger partial charge in [0.2, 0.25) is 0 Å². The van der Waals surface area contributed by atoms with Gasteiger partial charge in [-0.25, -0.2) is 4.98 Å². The number of nitrogens with one attached hydrogen (secondary N) is 1. The maximum atomic E-state index is 12.8. The molecule has 1 amide bonds. The van der Waals surface area contributed by atoms with Crippen LogP contribution in [0.3, 0.4) is 0 Å². The number of rotatable bonds is 2. The van der Waals surface area contributed by atoms with Crippen LogP contribution < -0.4 is 10.2 Å². The molecule has 0 spiro atoms. The normalized spacial score (nSPS) is 24.7. The highest BCUT2D eigenvalue weighted by atomic mass is 32.1. The summed E-state index contributed by atoms with van der Waals surface area (Å²) >= 11 is 3.17. The van der Waals surface area contributed by atoms with Gasteiger partial charge in [-0.1, -0.05) is 11.3 Å². The number of aromatic nitrogens is 1. The summed E-state index contributed by atoms with van der Waals surface area (Å²) in [6.07, 6.45) is 3.53. The third-order valence-electron chi connectivity index (χ3n) is 4.48. The van der Waals surface area contributed by atoms with Crippen LogP contribution in [-0.4, -0.2) is 55.1 Å². The average Bonchev–Trinajstić information content (AvgIpc) is 3.10. The molecule has 4 heterocycles. The number of carbonyl (C=O) groups is 1. The average molecular weight is 336 g/mol. The Balaban J connectivity index is 1.55. The third kappa shape index (κ3) is 2.51. The summed E-state index contributed by atoms with van der Waals surface area (Å²) < 4.78 is 1.12. The molecule has 2 aliphatic heterocycles. The monoisotopic (exact) mass is 336 g/mol. The molecule has 5 nitrogen and oxygen atoms in total. The van der Waals surface area contributed by atoms with E-state index in [-0.39, 0.29) is 5.91 Å². The summed E-state index contributed by atoms with van der Waals surface area (Å²) in [4.78, 5) is 23.2. The van der Waals surface area contributed by atoms with Gasteiger partial charge in [-0.2, -0.15) is 0 Å². The van der Waals surface area contributed by atoms with Crippen LogP contribution in [0.25, 0.3) is 9.53 Å². The van der Waals surface area contributed by atoms with Gasteiger partial charge in [-0.05, 0) is 25.3 Å². The highest BCUT2D eigenvalue weighted by molar-refractivity contribution is 7.29. The number of hydrogen-bond donors (Lipinski definition) is 1. The zero-order valence-corrected chi connectivity index (χ0v) is 14.5. The summed E-state index contributed by atoms with van der Waals surface area (Å²) in [6, 6.07) is 3.11. The molecule has 4 rings (SSSR count). The van der Waals surface area contributed by atoms with Crippen LogP contribution >= 0.6 is 22.7 Å². The van der Waals surface area contributed by atoms with Crippen LogP contribution in [0, 0.1) is 0 Å². The summed E-state index contributed by atoms with van der Waals surface area (Å²) in [5.74, 6) is 0.177. The van der Waals surface area contributed by atoms with E-state index in [9.17, 15) is 4.79 Å². The lowest BCUT2D eigenvalue weighted by molar-refractivity contribution is 0.0753. The fraction of sp³-hybridized carbons (Fsp3) is 0.600. The summed E-state index contributed by atoms with van der Waals surface area (Å²) in [7, 11) is 3.99. The van der Waals surface area contributed by atoms with Gasteiger partial charge in [0.25, 0.3) is 5.91 Å². The molecule has 2 fully saturated rings. The lowest BCUT2D eigenvalue weighted by Gasteiger charge is -2.23. The Morgan fingerprint density at radius 2 is 2.14 bits per heavy atom. The molecular weight excluding hydrogens is 316 g/mol. The molecule has 2 aliphatic rings. The van der Waals surface area contributed by atoms with Crippen molar-refractivity contribution < 1.29 is 4.79 Å². The highest BCUT2D eigenvalue weighted by Crippen LogP contribution is 2.34. The van der Waals surface area contributed by atoms with Crippen LogP contribution in [0.4, 0.5) is 5.13 Å². The number of carbonyl (C=O) groups excluding carboxylic acids is 1. The molecule has 7 heteroatoms. The van der Waals surface area contributed by atoms with Crippen molar-refractivity contribution in [2.75, 3.05) is 32.1 Å². The van der Waals surface area contributed by atoms with E-state index in [1.807, 2.05) is 30.0 Å². The summed E-state index contributed by atoms with van der Waals surface area (Å²) in [5, 5.41) is 4.62. The molecule has 2 saturated heterocycles. The summed E-state index contributed by atoms with van der Waals surface area (Å²) in [5.41, 5.74) is 0. The number of likely N-dealkylation sites (tertiary alicyclic amines) is 1. The largest absolute Gasteiger partial charge is 0.354 e. The lowest BCUT2D eigenvalue weighted by atomic mass is 10.1. The van der Waals surface area contributed by atoms with Gasteiger partial charge in [0.15, 0.2) is 5.13 Å². The first-order chi connectivity index (χ1) is 10.6. The minimum atomic E-state index is 0.177. The minimum Gasteiger partial charge on any atom is -0.354 e. The first kappa shape index (κ1) is 14.4. The zero-order chi connectivity index (χ0) is 15.3. The van der Waals surface area contributed by atoms with Crippen molar-refractivity contribution in [3.05, 3.63) is 10.9 Å². The molecule has 22 heavy (non-hydrogen) atoms. The van der Waals surface area contributed by atoms with Crippen LogP contribution in [0.5, 0.6) is 0 Å². The SMILES string of the molecule is CN(C)c1nc2sc(C(=O)N3CCC4CCC(C3)N4)cc2s1.